The molecule has 1 saturated heterocycles. The van der Waals surface area contributed by atoms with Crippen molar-refractivity contribution in [3.05, 3.63) is 32.7 Å². The van der Waals surface area contributed by atoms with Crippen LogP contribution in [0.4, 0.5) is 0 Å². The lowest BCUT2D eigenvalue weighted by Gasteiger charge is -2.23. The summed E-state index contributed by atoms with van der Waals surface area (Å²) in [6, 6.07) is 3.67. The van der Waals surface area contributed by atoms with Crippen molar-refractivity contribution in [1.29, 1.82) is 0 Å². The lowest BCUT2D eigenvalue weighted by atomic mass is 9.92. The standard InChI is InChI=1S/C13H16BrN3O3S/c1-15-12(7-2-3-21(19,20)6-7)8-4-10-11(5-9(8)14)17-13(18)16-10/h4-5,7,12,15H,2-3,6H2,1H3,(H2,16,17,18). The van der Waals surface area contributed by atoms with Crippen LogP contribution in [0.15, 0.2) is 21.4 Å². The zero-order valence-corrected chi connectivity index (χ0v) is 13.8. The number of aromatic amines is 2. The monoisotopic (exact) mass is 373 g/mol. The third-order valence-electron chi connectivity index (χ3n) is 4.02. The number of rotatable bonds is 3. The zero-order valence-electron chi connectivity index (χ0n) is 11.4. The van der Waals surface area contributed by atoms with E-state index >= 15 is 0 Å². The van der Waals surface area contributed by atoms with Crippen molar-refractivity contribution in [2.24, 2.45) is 5.92 Å². The van der Waals surface area contributed by atoms with E-state index in [1.165, 1.54) is 0 Å². The number of sulfone groups is 1. The van der Waals surface area contributed by atoms with Crippen LogP contribution in [0.2, 0.25) is 0 Å². The van der Waals surface area contributed by atoms with Crippen LogP contribution in [0.5, 0.6) is 0 Å². The van der Waals surface area contributed by atoms with Crippen molar-refractivity contribution < 1.29 is 8.42 Å². The van der Waals surface area contributed by atoms with E-state index in [0.717, 1.165) is 21.1 Å². The molecule has 3 N–H and O–H groups in total. The van der Waals surface area contributed by atoms with Crippen molar-refractivity contribution in [2.45, 2.75) is 12.5 Å². The second-order valence-electron chi connectivity index (χ2n) is 5.43. The lowest BCUT2D eigenvalue weighted by molar-refractivity contribution is 0.417. The highest BCUT2D eigenvalue weighted by atomic mass is 79.9. The molecule has 0 amide bonds. The summed E-state index contributed by atoms with van der Waals surface area (Å²) in [5, 5.41) is 3.21. The maximum absolute atomic E-state index is 11.7. The van der Waals surface area contributed by atoms with Crippen molar-refractivity contribution in [3.63, 3.8) is 0 Å². The normalized spacial score (nSPS) is 22.7. The number of hydrogen-bond acceptors (Lipinski definition) is 4. The Morgan fingerprint density at radius 1 is 1.33 bits per heavy atom. The maximum atomic E-state index is 11.7. The van der Waals surface area contributed by atoms with Gasteiger partial charge in [0.15, 0.2) is 9.84 Å². The highest BCUT2D eigenvalue weighted by Gasteiger charge is 2.34. The van der Waals surface area contributed by atoms with E-state index in [-0.39, 0.29) is 29.2 Å². The van der Waals surface area contributed by atoms with Crippen LogP contribution >= 0.6 is 15.9 Å². The van der Waals surface area contributed by atoms with Crippen LogP contribution in [0.3, 0.4) is 0 Å². The average molecular weight is 374 g/mol. The predicted octanol–water partition coefficient (Wildman–Crippen LogP) is 1.31. The minimum absolute atomic E-state index is 0.0411. The molecule has 1 fully saturated rings. The fourth-order valence-corrected chi connectivity index (χ4v) is 5.47. The molecule has 0 aliphatic carbocycles. The van der Waals surface area contributed by atoms with Crippen LogP contribution in [-0.4, -0.2) is 36.9 Å². The first-order valence-corrected chi connectivity index (χ1v) is 9.30. The molecule has 1 aromatic heterocycles. The Labute approximate surface area is 130 Å². The number of benzene rings is 1. The van der Waals surface area contributed by atoms with E-state index in [1.807, 2.05) is 19.2 Å². The van der Waals surface area contributed by atoms with Crippen LogP contribution in [0, 0.1) is 5.92 Å². The van der Waals surface area contributed by atoms with Gasteiger partial charge in [0.1, 0.15) is 0 Å². The van der Waals surface area contributed by atoms with Gasteiger partial charge in [0.25, 0.3) is 0 Å². The minimum Gasteiger partial charge on any atom is -0.313 e. The highest BCUT2D eigenvalue weighted by molar-refractivity contribution is 9.10. The molecule has 0 spiro atoms. The second kappa shape index (κ2) is 5.26. The smallest absolute Gasteiger partial charge is 0.313 e. The number of nitrogens with one attached hydrogen (secondary N) is 3. The molecule has 21 heavy (non-hydrogen) atoms. The summed E-state index contributed by atoms with van der Waals surface area (Å²) in [6.07, 6.45) is 0.655. The van der Waals surface area contributed by atoms with E-state index in [2.05, 4.69) is 31.2 Å². The summed E-state index contributed by atoms with van der Waals surface area (Å²) in [4.78, 5) is 16.8. The molecule has 2 heterocycles. The molecule has 6 nitrogen and oxygen atoms in total. The highest BCUT2D eigenvalue weighted by Crippen LogP contribution is 2.36. The largest absolute Gasteiger partial charge is 0.323 e. The van der Waals surface area contributed by atoms with Gasteiger partial charge in [-0.3, -0.25) is 0 Å². The van der Waals surface area contributed by atoms with Gasteiger partial charge in [-0.2, -0.15) is 0 Å². The fraction of sp³-hybridized carbons (Fsp3) is 0.462. The molecule has 0 bridgehead atoms. The molecular weight excluding hydrogens is 358 g/mol. The molecule has 8 heteroatoms. The van der Waals surface area contributed by atoms with Crippen molar-refractivity contribution in [1.82, 2.24) is 15.3 Å². The topological polar surface area (TPSA) is 94.8 Å². The van der Waals surface area contributed by atoms with Crippen molar-refractivity contribution in [2.75, 3.05) is 18.6 Å². The average Bonchev–Trinajstić information content (AvgIpc) is 2.92. The summed E-state index contributed by atoms with van der Waals surface area (Å²) >= 11 is 3.52. The lowest BCUT2D eigenvalue weighted by Crippen LogP contribution is -2.26. The summed E-state index contributed by atoms with van der Waals surface area (Å²) < 4.78 is 24.3. The van der Waals surface area contributed by atoms with Crippen LogP contribution < -0.4 is 11.0 Å². The predicted molar refractivity (Wildman–Crippen MR) is 85.2 cm³/mol. The molecule has 3 rings (SSSR count). The van der Waals surface area contributed by atoms with E-state index in [0.29, 0.717) is 6.42 Å². The first-order valence-electron chi connectivity index (χ1n) is 6.69. The van der Waals surface area contributed by atoms with Gasteiger partial charge in [-0.15, -0.1) is 0 Å². The minimum atomic E-state index is -2.93. The third kappa shape index (κ3) is 2.79. The summed E-state index contributed by atoms with van der Waals surface area (Å²) in [5.41, 5.74) is 2.16. The summed E-state index contributed by atoms with van der Waals surface area (Å²) in [6.45, 7) is 0. The quantitative estimate of drug-likeness (QED) is 0.755. The Bertz CT molecular complexity index is 840. The summed E-state index contributed by atoms with van der Waals surface area (Å²) in [7, 11) is -1.10. The van der Waals surface area contributed by atoms with E-state index in [1.54, 1.807) is 0 Å². The molecule has 2 atom stereocenters. The van der Waals surface area contributed by atoms with E-state index in [9.17, 15) is 13.2 Å². The Hall–Kier alpha value is -1.12. The van der Waals surface area contributed by atoms with Gasteiger partial charge < -0.3 is 15.3 Å². The third-order valence-corrected chi connectivity index (χ3v) is 6.50. The first-order chi connectivity index (χ1) is 9.89. The second-order valence-corrected chi connectivity index (χ2v) is 8.51. The van der Waals surface area contributed by atoms with Gasteiger partial charge in [0, 0.05) is 10.5 Å². The molecule has 0 radical (unpaired) electrons. The Morgan fingerprint density at radius 2 is 2.00 bits per heavy atom. The first kappa shape index (κ1) is 14.8. The van der Waals surface area contributed by atoms with Crippen LogP contribution in [0.1, 0.15) is 18.0 Å². The molecule has 2 aromatic rings. The number of fused-ring (bicyclic) bond motifs is 1. The van der Waals surface area contributed by atoms with E-state index in [4.69, 9.17) is 0 Å². The molecule has 1 aliphatic heterocycles. The summed E-state index contributed by atoms with van der Waals surface area (Å²) in [5.74, 6) is 0.489. The number of H-pyrrole nitrogens is 2. The van der Waals surface area contributed by atoms with Gasteiger partial charge in [-0.05, 0) is 37.1 Å². The number of halogens is 1. The van der Waals surface area contributed by atoms with Crippen molar-refractivity contribution in [3.8, 4) is 0 Å². The SMILES string of the molecule is CNC(c1cc2[nH]c(=O)[nH]c2cc1Br)C1CCS(=O)(=O)C1. The van der Waals surface area contributed by atoms with Gasteiger partial charge in [-0.25, -0.2) is 13.2 Å². The van der Waals surface area contributed by atoms with Gasteiger partial charge in [0.2, 0.25) is 0 Å². The molecule has 1 aliphatic rings. The molecule has 2 unspecified atom stereocenters. The Morgan fingerprint density at radius 3 is 2.57 bits per heavy atom. The van der Waals surface area contributed by atoms with Gasteiger partial charge in [0.05, 0.1) is 22.5 Å². The van der Waals surface area contributed by atoms with E-state index < -0.39 is 9.84 Å². The number of hydrogen-bond donors (Lipinski definition) is 3. The maximum Gasteiger partial charge on any atom is 0.323 e. The van der Waals surface area contributed by atoms with Crippen molar-refractivity contribution >= 4 is 36.8 Å². The number of imidazole rings is 1. The number of aromatic nitrogens is 2. The molecular formula is C13H16BrN3O3S. The molecule has 1 aromatic carbocycles. The van der Waals surface area contributed by atoms with Gasteiger partial charge in [-0.1, -0.05) is 15.9 Å². The van der Waals surface area contributed by atoms with Crippen LogP contribution in [-0.2, 0) is 9.84 Å². The zero-order chi connectivity index (χ0) is 15.2. The van der Waals surface area contributed by atoms with Gasteiger partial charge >= 0.3 is 5.69 Å². The Kier molecular flexibility index (Phi) is 3.71. The van der Waals surface area contributed by atoms with Crippen LogP contribution in [0.25, 0.3) is 11.0 Å². The molecule has 0 saturated carbocycles. The molecule has 114 valence electrons. The fourth-order valence-electron chi connectivity index (χ4n) is 3.04. The Balaban J connectivity index is 2.04.